The molecule has 0 radical (unpaired) electrons. The first-order valence-corrected chi connectivity index (χ1v) is 6.41. The first-order chi connectivity index (χ1) is 8.02. The maximum Gasteiger partial charge on any atom is 0.0193 e. The van der Waals surface area contributed by atoms with Gasteiger partial charge in [-0.2, -0.15) is 0 Å². The fraction of sp³-hybridized carbons (Fsp3) is 0.500. The second-order valence-electron chi connectivity index (χ2n) is 5.24. The summed E-state index contributed by atoms with van der Waals surface area (Å²) in [5.41, 5.74) is 2.81. The van der Waals surface area contributed by atoms with Crippen molar-refractivity contribution in [1.29, 1.82) is 0 Å². The van der Waals surface area contributed by atoms with Crippen LogP contribution in [-0.4, -0.2) is 13.1 Å². The number of hydrogen-bond donors (Lipinski definition) is 1. The van der Waals surface area contributed by atoms with Crippen LogP contribution in [0.2, 0.25) is 0 Å². The maximum absolute atomic E-state index is 4.13. The molecule has 17 heavy (non-hydrogen) atoms. The number of hydrogen-bond acceptors (Lipinski definition) is 1. The fourth-order valence-corrected chi connectivity index (χ4v) is 2.22. The van der Waals surface area contributed by atoms with Gasteiger partial charge in [-0.05, 0) is 25.5 Å². The Morgan fingerprint density at radius 2 is 1.88 bits per heavy atom. The molecule has 1 atom stereocenters. The minimum atomic E-state index is 0.119. The van der Waals surface area contributed by atoms with Crippen molar-refractivity contribution in [3.05, 3.63) is 48.0 Å². The van der Waals surface area contributed by atoms with Crippen molar-refractivity contribution < 1.29 is 0 Å². The van der Waals surface area contributed by atoms with Crippen LogP contribution in [0.25, 0.3) is 0 Å². The van der Waals surface area contributed by atoms with E-state index in [-0.39, 0.29) is 5.41 Å². The van der Waals surface area contributed by atoms with Crippen LogP contribution in [0.4, 0.5) is 0 Å². The predicted molar refractivity (Wildman–Crippen MR) is 76.4 cm³/mol. The summed E-state index contributed by atoms with van der Waals surface area (Å²) in [4.78, 5) is 0. The molecule has 0 aromatic heterocycles. The van der Waals surface area contributed by atoms with E-state index in [9.17, 15) is 0 Å². The Morgan fingerprint density at radius 3 is 2.35 bits per heavy atom. The molecule has 0 saturated heterocycles. The zero-order valence-corrected chi connectivity index (χ0v) is 11.6. The summed E-state index contributed by atoms with van der Waals surface area (Å²) in [5.74, 6) is 0. The van der Waals surface area contributed by atoms with Gasteiger partial charge in [-0.15, -0.1) is 0 Å². The van der Waals surface area contributed by atoms with E-state index in [1.807, 2.05) is 7.05 Å². The zero-order chi connectivity index (χ0) is 12.9. The maximum atomic E-state index is 4.13. The zero-order valence-electron chi connectivity index (χ0n) is 11.6. The molecule has 1 heteroatoms. The SMILES string of the molecule is C=C(CC)CC(NC)C(C)(C)c1ccccc1. The molecule has 0 aliphatic rings. The molecule has 0 bridgehead atoms. The second-order valence-corrected chi connectivity index (χ2v) is 5.24. The molecule has 1 rings (SSSR count). The lowest BCUT2D eigenvalue weighted by Gasteiger charge is -2.35. The van der Waals surface area contributed by atoms with Crippen molar-refractivity contribution in [2.24, 2.45) is 0 Å². The van der Waals surface area contributed by atoms with Gasteiger partial charge in [0.05, 0.1) is 0 Å². The van der Waals surface area contributed by atoms with Crippen LogP contribution in [0.1, 0.15) is 39.2 Å². The van der Waals surface area contributed by atoms with Crippen LogP contribution in [0.3, 0.4) is 0 Å². The molecule has 1 aromatic rings. The van der Waals surface area contributed by atoms with E-state index in [1.165, 1.54) is 11.1 Å². The first kappa shape index (κ1) is 14.0. The number of benzene rings is 1. The van der Waals surface area contributed by atoms with Crippen molar-refractivity contribution in [1.82, 2.24) is 5.32 Å². The van der Waals surface area contributed by atoms with E-state index in [0.29, 0.717) is 6.04 Å². The largest absolute Gasteiger partial charge is 0.316 e. The molecular formula is C16H25N. The molecule has 0 fully saturated rings. The highest BCUT2D eigenvalue weighted by Gasteiger charge is 2.29. The predicted octanol–water partition coefficient (Wildman–Crippen LogP) is 3.91. The highest BCUT2D eigenvalue weighted by molar-refractivity contribution is 5.26. The van der Waals surface area contributed by atoms with Gasteiger partial charge in [0.15, 0.2) is 0 Å². The summed E-state index contributed by atoms with van der Waals surface area (Å²) in [6, 6.07) is 11.1. The molecule has 94 valence electrons. The van der Waals surface area contributed by atoms with Gasteiger partial charge in [-0.3, -0.25) is 0 Å². The second kappa shape index (κ2) is 6.02. The Bertz CT molecular complexity index is 351. The van der Waals surface area contributed by atoms with Crippen molar-refractivity contribution in [3.8, 4) is 0 Å². The van der Waals surface area contributed by atoms with E-state index in [1.54, 1.807) is 0 Å². The van der Waals surface area contributed by atoms with E-state index < -0.39 is 0 Å². The van der Waals surface area contributed by atoms with Gasteiger partial charge in [-0.25, -0.2) is 0 Å². The van der Waals surface area contributed by atoms with Gasteiger partial charge in [0.25, 0.3) is 0 Å². The topological polar surface area (TPSA) is 12.0 Å². The van der Waals surface area contributed by atoms with Crippen LogP contribution >= 0.6 is 0 Å². The van der Waals surface area contributed by atoms with Crippen LogP contribution in [-0.2, 0) is 5.41 Å². The Kier molecular flexibility index (Phi) is 4.95. The molecule has 1 unspecified atom stereocenters. The molecule has 0 aliphatic heterocycles. The quantitative estimate of drug-likeness (QED) is 0.732. The molecule has 1 N–H and O–H groups in total. The summed E-state index contributed by atoms with van der Waals surface area (Å²) in [7, 11) is 2.04. The monoisotopic (exact) mass is 231 g/mol. The van der Waals surface area contributed by atoms with E-state index in [0.717, 1.165) is 12.8 Å². The van der Waals surface area contributed by atoms with Gasteiger partial charge in [0, 0.05) is 11.5 Å². The Balaban J connectivity index is 2.90. The van der Waals surface area contributed by atoms with Crippen molar-refractivity contribution in [3.63, 3.8) is 0 Å². The molecule has 1 nitrogen and oxygen atoms in total. The number of likely N-dealkylation sites (N-methyl/N-ethyl adjacent to an activating group) is 1. The van der Waals surface area contributed by atoms with Crippen LogP contribution < -0.4 is 5.32 Å². The summed E-state index contributed by atoms with van der Waals surface area (Å²) in [6.45, 7) is 10.9. The van der Waals surface area contributed by atoms with Crippen LogP contribution in [0.5, 0.6) is 0 Å². The normalized spacial score (nSPS) is 13.4. The van der Waals surface area contributed by atoms with Gasteiger partial charge >= 0.3 is 0 Å². The lowest BCUT2D eigenvalue weighted by Crippen LogP contribution is -2.43. The highest BCUT2D eigenvalue weighted by atomic mass is 14.9. The van der Waals surface area contributed by atoms with Gasteiger partial charge in [0.1, 0.15) is 0 Å². The Hall–Kier alpha value is -1.08. The first-order valence-electron chi connectivity index (χ1n) is 6.41. The van der Waals surface area contributed by atoms with Gasteiger partial charge < -0.3 is 5.32 Å². The number of rotatable bonds is 6. The highest BCUT2D eigenvalue weighted by Crippen LogP contribution is 2.30. The third kappa shape index (κ3) is 3.44. The Morgan fingerprint density at radius 1 is 1.29 bits per heavy atom. The summed E-state index contributed by atoms with van der Waals surface area (Å²) in [6.07, 6.45) is 2.10. The van der Waals surface area contributed by atoms with Crippen molar-refractivity contribution >= 4 is 0 Å². The molecule has 0 heterocycles. The average Bonchev–Trinajstić information content (AvgIpc) is 2.36. The van der Waals surface area contributed by atoms with Crippen molar-refractivity contribution in [2.75, 3.05) is 7.05 Å². The third-order valence-electron chi connectivity index (χ3n) is 3.73. The smallest absolute Gasteiger partial charge is 0.0193 e. The molecule has 1 aromatic carbocycles. The van der Waals surface area contributed by atoms with Crippen LogP contribution in [0, 0.1) is 0 Å². The van der Waals surface area contributed by atoms with Crippen molar-refractivity contribution in [2.45, 2.75) is 45.1 Å². The number of nitrogens with one attached hydrogen (secondary N) is 1. The van der Waals surface area contributed by atoms with Crippen LogP contribution in [0.15, 0.2) is 42.5 Å². The average molecular weight is 231 g/mol. The van der Waals surface area contributed by atoms with E-state index in [4.69, 9.17) is 0 Å². The van der Waals surface area contributed by atoms with E-state index in [2.05, 4.69) is 63.0 Å². The third-order valence-corrected chi connectivity index (χ3v) is 3.73. The lowest BCUT2D eigenvalue weighted by molar-refractivity contribution is 0.354. The molecule has 0 amide bonds. The Labute approximate surface area is 106 Å². The lowest BCUT2D eigenvalue weighted by atomic mass is 9.75. The van der Waals surface area contributed by atoms with Gasteiger partial charge in [-0.1, -0.05) is 63.3 Å². The summed E-state index contributed by atoms with van der Waals surface area (Å²) < 4.78 is 0. The standard InChI is InChI=1S/C16H25N/c1-6-13(2)12-15(17-5)16(3,4)14-10-8-7-9-11-14/h7-11,15,17H,2,6,12H2,1,3-5H3. The molecule has 0 saturated carbocycles. The van der Waals surface area contributed by atoms with Gasteiger partial charge in [0.2, 0.25) is 0 Å². The minimum absolute atomic E-state index is 0.119. The summed E-state index contributed by atoms with van der Waals surface area (Å²) in [5, 5.41) is 3.45. The molecule has 0 aliphatic carbocycles. The fourth-order valence-electron chi connectivity index (χ4n) is 2.22. The van der Waals surface area contributed by atoms with E-state index >= 15 is 0 Å². The molecular weight excluding hydrogens is 206 g/mol. The molecule has 0 spiro atoms. The minimum Gasteiger partial charge on any atom is -0.316 e. The summed E-state index contributed by atoms with van der Waals surface area (Å²) >= 11 is 0.